The van der Waals surface area contributed by atoms with Crippen molar-refractivity contribution in [2.24, 2.45) is 0 Å². The highest BCUT2D eigenvalue weighted by molar-refractivity contribution is 5.51. The molecule has 0 spiro atoms. The van der Waals surface area contributed by atoms with Crippen molar-refractivity contribution in [2.75, 3.05) is 43.8 Å². The van der Waals surface area contributed by atoms with E-state index in [0.717, 1.165) is 37.6 Å². The number of aliphatic hydroxyl groups is 1. The SMILES string of the molecule is CCCCN(CCO)CCNc1ccc(N)cc1. The van der Waals surface area contributed by atoms with Crippen molar-refractivity contribution >= 4 is 11.4 Å². The number of hydrogen-bond acceptors (Lipinski definition) is 4. The predicted octanol–water partition coefficient (Wildman–Crippen LogP) is 1.78. The molecule has 4 nitrogen and oxygen atoms in total. The summed E-state index contributed by atoms with van der Waals surface area (Å²) in [5, 5.41) is 12.4. The first kappa shape index (κ1) is 14.8. The molecule has 0 atom stereocenters. The molecule has 0 heterocycles. The molecule has 102 valence electrons. The molecule has 0 unspecified atom stereocenters. The molecule has 0 fully saturated rings. The van der Waals surface area contributed by atoms with Crippen molar-refractivity contribution in [3.63, 3.8) is 0 Å². The lowest BCUT2D eigenvalue weighted by atomic mass is 10.3. The van der Waals surface area contributed by atoms with Crippen molar-refractivity contribution in [2.45, 2.75) is 19.8 Å². The Morgan fingerprint density at radius 3 is 2.50 bits per heavy atom. The van der Waals surface area contributed by atoms with Crippen LogP contribution in [0.4, 0.5) is 11.4 Å². The summed E-state index contributed by atoms with van der Waals surface area (Å²) in [6, 6.07) is 7.76. The topological polar surface area (TPSA) is 61.5 Å². The summed E-state index contributed by atoms with van der Waals surface area (Å²) in [5.41, 5.74) is 7.50. The molecule has 18 heavy (non-hydrogen) atoms. The molecule has 0 amide bonds. The molecule has 4 heteroatoms. The van der Waals surface area contributed by atoms with Crippen molar-refractivity contribution < 1.29 is 5.11 Å². The van der Waals surface area contributed by atoms with E-state index in [-0.39, 0.29) is 6.61 Å². The number of nitrogens with one attached hydrogen (secondary N) is 1. The second kappa shape index (κ2) is 8.78. The van der Waals surface area contributed by atoms with Gasteiger partial charge in [-0.05, 0) is 37.2 Å². The smallest absolute Gasteiger partial charge is 0.0558 e. The zero-order valence-electron chi connectivity index (χ0n) is 11.2. The van der Waals surface area contributed by atoms with Crippen molar-refractivity contribution in [3.05, 3.63) is 24.3 Å². The lowest BCUT2D eigenvalue weighted by Gasteiger charge is -2.21. The molecule has 0 aliphatic carbocycles. The van der Waals surface area contributed by atoms with Gasteiger partial charge in [0.2, 0.25) is 0 Å². The van der Waals surface area contributed by atoms with Gasteiger partial charge in [-0.3, -0.25) is 4.90 Å². The Balaban J connectivity index is 2.26. The summed E-state index contributed by atoms with van der Waals surface area (Å²) in [4.78, 5) is 2.29. The summed E-state index contributed by atoms with van der Waals surface area (Å²) in [7, 11) is 0. The van der Waals surface area contributed by atoms with Crippen LogP contribution in [0.5, 0.6) is 0 Å². The minimum absolute atomic E-state index is 0.228. The van der Waals surface area contributed by atoms with E-state index in [1.807, 2.05) is 24.3 Å². The minimum Gasteiger partial charge on any atom is -0.399 e. The molecule has 1 aromatic rings. The zero-order chi connectivity index (χ0) is 13.2. The van der Waals surface area contributed by atoms with Crippen LogP contribution in [0, 0.1) is 0 Å². The lowest BCUT2D eigenvalue weighted by molar-refractivity contribution is 0.198. The summed E-state index contributed by atoms with van der Waals surface area (Å²) in [6.07, 6.45) is 2.37. The standard InChI is InChI=1S/C14H25N3O/c1-2-3-9-17(11-12-18)10-8-16-14-6-4-13(15)5-7-14/h4-7,16,18H,2-3,8-12,15H2,1H3. The summed E-state index contributed by atoms with van der Waals surface area (Å²) in [5.74, 6) is 0. The number of anilines is 2. The third kappa shape index (κ3) is 5.89. The Bertz CT molecular complexity index is 313. The monoisotopic (exact) mass is 251 g/mol. The van der Waals surface area contributed by atoms with Gasteiger partial charge in [0.1, 0.15) is 0 Å². The molecule has 1 rings (SSSR count). The number of nitrogens with two attached hydrogens (primary N) is 1. The first-order valence-electron chi connectivity index (χ1n) is 6.69. The van der Waals surface area contributed by atoms with Gasteiger partial charge >= 0.3 is 0 Å². The van der Waals surface area contributed by atoms with Crippen LogP contribution < -0.4 is 11.1 Å². The molecule has 0 saturated carbocycles. The van der Waals surface area contributed by atoms with Crippen LogP contribution in [-0.4, -0.2) is 42.8 Å². The minimum atomic E-state index is 0.228. The Morgan fingerprint density at radius 1 is 1.17 bits per heavy atom. The van der Waals surface area contributed by atoms with E-state index in [4.69, 9.17) is 10.8 Å². The average molecular weight is 251 g/mol. The Kier molecular flexibility index (Phi) is 7.22. The van der Waals surface area contributed by atoms with Gasteiger partial charge in [-0.1, -0.05) is 13.3 Å². The van der Waals surface area contributed by atoms with Crippen LogP contribution in [0.1, 0.15) is 19.8 Å². The molecule has 0 aromatic heterocycles. The van der Waals surface area contributed by atoms with E-state index < -0.39 is 0 Å². The van der Waals surface area contributed by atoms with Gasteiger partial charge in [-0.15, -0.1) is 0 Å². The Labute approximate surface area is 110 Å². The highest BCUT2D eigenvalue weighted by Gasteiger charge is 2.02. The summed E-state index contributed by atoms with van der Waals surface area (Å²) in [6.45, 7) is 6.05. The highest BCUT2D eigenvalue weighted by atomic mass is 16.3. The molecule has 4 N–H and O–H groups in total. The number of benzene rings is 1. The van der Waals surface area contributed by atoms with E-state index in [1.165, 1.54) is 12.8 Å². The Hall–Kier alpha value is -1.26. The lowest BCUT2D eigenvalue weighted by Crippen LogP contribution is -2.32. The van der Waals surface area contributed by atoms with Crippen LogP contribution >= 0.6 is 0 Å². The number of hydrogen-bond donors (Lipinski definition) is 3. The van der Waals surface area contributed by atoms with E-state index in [9.17, 15) is 0 Å². The molecular weight excluding hydrogens is 226 g/mol. The van der Waals surface area contributed by atoms with Crippen molar-refractivity contribution in [1.82, 2.24) is 4.90 Å². The molecule has 0 radical (unpaired) electrons. The molecular formula is C14H25N3O. The molecule has 0 aliphatic rings. The van der Waals surface area contributed by atoms with Crippen molar-refractivity contribution in [1.29, 1.82) is 0 Å². The van der Waals surface area contributed by atoms with Gasteiger partial charge in [-0.25, -0.2) is 0 Å². The van der Waals surface area contributed by atoms with Gasteiger partial charge in [0.05, 0.1) is 6.61 Å². The van der Waals surface area contributed by atoms with Crippen LogP contribution in [0.25, 0.3) is 0 Å². The van der Waals surface area contributed by atoms with Gasteiger partial charge < -0.3 is 16.2 Å². The van der Waals surface area contributed by atoms with Crippen LogP contribution in [0.2, 0.25) is 0 Å². The summed E-state index contributed by atoms with van der Waals surface area (Å²) >= 11 is 0. The largest absolute Gasteiger partial charge is 0.399 e. The van der Waals surface area contributed by atoms with E-state index >= 15 is 0 Å². The number of nitrogen functional groups attached to an aromatic ring is 1. The highest BCUT2D eigenvalue weighted by Crippen LogP contribution is 2.09. The van der Waals surface area contributed by atoms with Crippen LogP contribution in [0.3, 0.4) is 0 Å². The third-order valence-electron chi connectivity index (χ3n) is 2.91. The fourth-order valence-corrected chi connectivity index (χ4v) is 1.82. The number of nitrogens with zero attached hydrogens (tertiary/aromatic N) is 1. The molecule has 1 aromatic carbocycles. The fraction of sp³-hybridized carbons (Fsp3) is 0.571. The van der Waals surface area contributed by atoms with Gasteiger partial charge in [0.25, 0.3) is 0 Å². The maximum Gasteiger partial charge on any atom is 0.0558 e. The van der Waals surface area contributed by atoms with Crippen LogP contribution in [0.15, 0.2) is 24.3 Å². The van der Waals surface area contributed by atoms with Crippen molar-refractivity contribution in [3.8, 4) is 0 Å². The normalized spacial score (nSPS) is 10.8. The second-order valence-corrected chi connectivity index (χ2v) is 4.47. The predicted molar refractivity (Wildman–Crippen MR) is 77.8 cm³/mol. The van der Waals surface area contributed by atoms with Gasteiger partial charge in [0.15, 0.2) is 0 Å². The fourth-order valence-electron chi connectivity index (χ4n) is 1.82. The average Bonchev–Trinajstić information content (AvgIpc) is 2.38. The molecule has 0 saturated heterocycles. The number of unbranched alkanes of at least 4 members (excludes halogenated alkanes) is 1. The third-order valence-corrected chi connectivity index (χ3v) is 2.91. The first-order valence-corrected chi connectivity index (χ1v) is 6.69. The first-order chi connectivity index (χ1) is 8.76. The number of rotatable bonds is 9. The van der Waals surface area contributed by atoms with Crippen LogP contribution in [-0.2, 0) is 0 Å². The number of aliphatic hydroxyl groups excluding tert-OH is 1. The Morgan fingerprint density at radius 2 is 1.89 bits per heavy atom. The van der Waals surface area contributed by atoms with E-state index in [2.05, 4.69) is 17.1 Å². The van der Waals surface area contributed by atoms with Gasteiger partial charge in [0, 0.05) is 31.0 Å². The zero-order valence-corrected chi connectivity index (χ0v) is 11.2. The van der Waals surface area contributed by atoms with E-state index in [0.29, 0.717) is 0 Å². The summed E-state index contributed by atoms with van der Waals surface area (Å²) < 4.78 is 0. The maximum absolute atomic E-state index is 9.01. The molecule has 0 bridgehead atoms. The molecule has 0 aliphatic heterocycles. The van der Waals surface area contributed by atoms with E-state index in [1.54, 1.807) is 0 Å². The van der Waals surface area contributed by atoms with Gasteiger partial charge in [-0.2, -0.15) is 0 Å². The quantitative estimate of drug-likeness (QED) is 0.585. The second-order valence-electron chi connectivity index (χ2n) is 4.47. The maximum atomic E-state index is 9.01.